The Labute approximate surface area is 138 Å². The smallest absolute Gasteiger partial charge is 0.335 e. The Kier molecular flexibility index (Phi) is 4.04. The molecule has 0 atom stereocenters. The van der Waals surface area contributed by atoms with E-state index < -0.39 is 5.97 Å². The maximum absolute atomic E-state index is 11.1. The number of carboxylic acids is 1. The van der Waals surface area contributed by atoms with E-state index in [-0.39, 0.29) is 11.3 Å². The van der Waals surface area contributed by atoms with Gasteiger partial charge in [-0.25, -0.2) is 4.79 Å². The lowest BCUT2D eigenvalue weighted by atomic mass is 9.99. The fraction of sp³-hybridized carbons (Fsp3) is 0. The molecule has 3 rings (SSSR count). The number of carboxylic acid groups (broad SMARTS) is 1. The highest BCUT2D eigenvalue weighted by atomic mass is 35.5. The quantitative estimate of drug-likeness (QED) is 0.706. The molecule has 0 fully saturated rings. The second kappa shape index (κ2) is 6.15. The van der Waals surface area contributed by atoms with Crippen LogP contribution in [0.2, 0.25) is 5.02 Å². The summed E-state index contributed by atoms with van der Waals surface area (Å²) in [6.45, 7) is 0. The topological polar surface area (TPSA) is 57.5 Å². The Morgan fingerprint density at radius 2 is 1.52 bits per heavy atom. The molecule has 0 amide bonds. The Morgan fingerprint density at radius 3 is 2.17 bits per heavy atom. The molecule has 0 aliphatic carbocycles. The molecule has 114 valence electrons. The van der Waals surface area contributed by atoms with Crippen LogP contribution >= 0.6 is 11.6 Å². The molecule has 0 radical (unpaired) electrons. The number of hydrogen-bond donors (Lipinski definition) is 2. The van der Waals surface area contributed by atoms with Crippen LogP contribution in [0.3, 0.4) is 0 Å². The van der Waals surface area contributed by atoms with Crippen molar-refractivity contribution in [1.82, 2.24) is 0 Å². The summed E-state index contributed by atoms with van der Waals surface area (Å²) in [7, 11) is 0. The van der Waals surface area contributed by atoms with Crippen molar-refractivity contribution in [2.75, 3.05) is 0 Å². The van der Waals surface area contributed by atoms with Crippen molar-refractivity contribution in [2.45, 2.75) is 0 Å². The molecule has 0 spiro atoms. The van der Waals surface area contributed by atoms with Crippen molar-refractivity contribution < 1.29 is 15.0 Å². The predicted molar refractivity (Wildman–Crippen MR) is 90.9 cm³/mol. The first-order valence-electron chi connectivity index (χ1n) is 6.97. The number of rotatable bonds is 3. The molecule has 0 aromatic heterocycles. The number of phenols is 1. The van der Waals surface area contributed by atoms with Crippen LogP contribution in [0, 0.1) is 0 Å². The van der Waals surface area contributed by atoms with Crippen molar-refractivity contribution in [3.63, 3.8) is 0 Å². The molecule has 23 heavy (non-hydrogen) atoms. The summed E-state index contributed by atoms with van der Waals surface area (Å²) in [6, 6.07) is 19.2. The van der Waals surface area contributed by atoms with Gasteiger partial charge in [0.15, 0.2) is 0 Å². The number of aromatic hydroxyl groups is 1. The van der Waals surface area contributed by atoms with Gasteiger partial charge in [-0.05, 0) is 47.0 Å². The van der Waals surface area contributed by atoms with Crippen LogP contribution in [0.4, 0.5) is 0 Å². The fourth-order valence-electron chi connectivity index (χ4n) is 2.41. The lowest BCUT2D eigenvalue weighted by molar-refractivity contribution is 0.0697. The average molecular weight is 325 g/mol. The zero-order valence-electron chi connectivity index (χ0n) is 12.0. The standard InChI is InChI=1S/C19H13ClO3/c20-18-9-8-15(19(22)23)11-17(18)13-6-4-12(5-7-13)14-2-1-3-16(21)10-14/h1-11,21H,(H,22,23). The summed E-state index contributed by atoms with van der Waals surface area (Å²) in [5, 5.41) is 19.2. The molecule has 0 bridgehead atoms. The summed E-state index contributed by atoms with van der Waals surface area (Å²) < 4.78 is 0. The number of phenolic OH excluding ortho intramolecular Hbond substituents is 1. The fourth-order valence-corrected chi connectivity index (χ4v) is 2.63. The normalized spacial score (nSPS) is 10.5. The van der Waals surface area contributed by atoms with Crippen LogP contribution in [-0.4, -0.2) is 16.2 Å². The van der Waals surface area contributed by atoms with E-state index in [0.29, 0.717) is 10.6 Å². The van der Waals surface area contributed by atoms with Crippen LogP contribution < -0.4 is 0 Å². The van der Waals surface area contributed by atoms with E-state index in [0.717, 1.165) is 16.7 Å². The molecule has 0 saturated heterocycles. The maximum atomic E-state index is 11.1. The number of benzene rings is 3. The van der Waals surface area contributed by atoms with Gasteiger partial charge in [-0.1, -0.05) is 48.0 Å². The van der Waals surface area contributed by atoms with Crippen molar-refractivity contribution in [2.24, 2.45) is 0 Å². The first-order chi connectivity index (χ1) is 11.0. The zero-order valence-corrected chi connectivity index (χ0v) is 12.8. The Balaban J connectivity index is 2.00. The van der Waals surface area contributed by atoms with Gasteiger partial charge < -0.3 is 10.2 Å². The SMILES string of the molecule is O=C(O)c1ccc(Cl)c(-c2ccc(-c3cccc(O)c3)cc2)c1. The van der Waals surface area contributed by atoms with Gasteiger partial charge in [-0.15, -0.1) is 0 Å². The largest absolute Gasteiger partial charge is 0.508 e. The lowest BCUT2D eigenvalue weighted by Gasteiger charge is -2.08. The minimum absolute atomic E-state index is 0.196. The van der Waals surface area contributed by atoms with Crippen molar-refractivity contribution in [1.29, 1.82) is 0 Å². The van der Waals surface area contributed by atoms with Gasteiger partial charge in [0.05, 0.1) is 5.56 Å². The van der Waals surface area contributed by atoms with Crippen LogP contribution in [0.25, 0.3) is 22.3 Å². The third kappa shape index (κ3) is 3.20. The van der Waals surface area contributed by atoms with E-state index in [1.807, 2.05) is 30.3 Å². The van der Waals surface area contributed by atoms with Crippen LogP contribution in [0.1, 0.15) is 10.4 Å². The van der Waals surface area contributed by atoms with Crippen LogP contribution in [0.5, 0.6) is 5.75 Å². The maximum Gasteiger partial charge on any atom is 0.335 e. The van der Waals surface area contributed by atoms with Gasteiger partial charge in [-0.2, -0.15) is 0 Å². The second-order valence-corrected chi connectivity index (χ2v) is 5.53. The first kappa shape index (κ1) is 15.1. The molecule has 0 unspecified atom stereocenters. The van der Waals surface area contributed by atoms with E-state index in [2.05, 4.69) is 0 Å². The zero-order chi connectivity index (χ0) is 16.4. The third-order valence-corrected chi connectivity index (χ3v) is 3.92. The van der Waals surface area contributed by atoms with Gasteiger partial charge in [0.2, 0.25) is 0 Å². The van der Waals surface area contributed by atoms with E-state index in [4.69, 9.17) is 16.7 Å². The molecule has 3 aromatic rings. The highest BCUT2D eigenvalue weighted by Crippen LogP contribution is 2.31. The summed E-state index contributed by atoms with van der Waals surface area (Å²) in [5.74, 6) is -0.775. The van der Waals surface area contributed by atoms with E-state index in [1.165, 1.54) is 6.07 Å². The number of aromatic carboxylic acids is 1. The first-order valence-corrected chi connectivity index (χ1v) is 7.35. The number of carbonyl (C=O) groups is 1. The van der Waals surface area contributed by atoms with E-state index in [1.54, 1.807) is 30.3 Å². The summed E-state index contributed by atoms with van der Waals surface area (Å²) in [5.41, 5.74) is 3.56. The molecular weight excluding hydrogens is 312 g/mol. The molecule has 0 saturated carbocycles. The monoisotopic (exact) mass is 324 g/mol. The lowest BCUT2D eigenvalue weighted by Crippen LogP contribution is -1.96. The molecule has 4 heteroatoms. The van der Waals surface area contributed by atoms with Crippen molar-refractivity contribution >= 4 is 17.6 Å². The summed E-state index contributed by atoms with van der Waals surface area (Å²) in [4.78, 5) is 11.1. The summed E-state index contributed by atoms with van der Waals surface area (Å²) >= 11 is 6.19. The molecule has 0 aliphatic rings. The minimum atomic E-state index is -0.987. The van der Waals surface area contributed by atoms with Gasteiger partial charge in [0, 0.05) is 10.6 Å². The van der Waals surface area contributed by atoms with Crippen LogP contribution in [0.15, 0.2) is 66.7 Å². The average Bonchev–Trinajstić information content (AvgIpc) is 2.55. The third-order valence-electron chi connectivity index (χ3n) is 3.59. The molecule has 3 aromatic carbocycles. The molecule has 0 aliphatic heterocycles. The second-order valence-electron chi connectivity index (χ2n) is 5.13. The Bertz CT molecular complexity index is 870. The molecule has 0 heterocycles. The number of halogens is 1. The molecule has 2 N–H and O–H groups in total. The Morgan fingerprint density at radius 1 is 0.826 bits per heavy atom. The molecule has 3 nitrogen and oxygen atoms in total. The van der Waals surface area contributed by atoms with Crippen molar-refractivity contribution in [3.05, 3.63) is 77.3 Å². The van der Waals surface area contributed by atoms with Gasteiger partial charge in [0.1, 0.15) is 5.75 Å². The minimum Gasteiger partial charge on any atom is -0.508 e. The van der Waals surface area contributed by atoms with E-state index in [9.17, 15) is 9.90 Å². The van der Waals surface area contributed by atoms with E-state index >= 15 is 0 Å². The van der Waals surface area contributed by atoms with Gasteiger partial charge >= 0.3 is 5.97 Å². The highest BCUT2D eigenvalue weighted by molar-refractivity contribution is 6.33. The van der Waals surface area contributed by atoms with Gasteiger partial charge in [-0.3, -0.25) is 0 Å². The summed E-state index contributed by atoms with van der Waals surface area (Å²) in [6.07, 6.45) is 0. The Hall–Kier alpha value is -2.78. The predicted octanol–water partition coefficient (Wildman–Crippen LogP) is 5.08. The molecular formula is C19H13ClO3. The highest BCUT2D eigenvalue weighted by Gasteiger charge is 2.09. The van der Waals surface area contributed by atoms with Gasteiger partial charge in [0.25, 0.3) is 0 Å². The van der Waals surface area contributed by atoms with Crippen LogP contribution in [-0.2, 0) is 0 Å². The number of hydrogen-bond acceptors (Lipinski definition) is 2. The van der Waals surface area contributed by atoms with Crippen molar-refractivity contribution in [3.8, 4) is 28.0 Å².